The van der Waals surface area contributed by atoms with Crippen molar-refractivity contribution in [2.75, 3.05) is 32.8 Å². The molecule has 0 spiro atoms. The first kappa shape index (κ1) is 74.8. The predicted molar refractivity (Wildman–Crippen MR) is 412 cm³/mol. The van der Waals surface area contributed by atoms with Gasteiger partial charge >= 0.3 is 10.2 Å². The summed E-state index contributed by atoms with van der Waals surface area (Å²) in [7, 11) is -3.94. The Kier molecular flexibility index (Phi) is 21.1. The van der Waals surface area contributed by atoms with Gasteiger partial charge in [-0.2, -0.15) is 0 Å². The number of para-hydroxylation sites is 1. The maximum atomic E-state index is 13.4. The fraction of sp³-hybridized carbons (Fsp3) is 0.123. The number of carbonyl (C=O) groups excluding carboxylic acids is 2. The molecule has 0 radical (unpaired) electrons. The minimum Gasteiger partial charge on any atom is -0.454 e. The Morgan fingerprint density at radius 1 is 0.604 bits per heavy atom. The highest BCUT2D eigenvalue weighted by Crippen LogP contribution is 3.02. The van der Waals surface area contributed by atoms with Crippen LogP contribution in [0.2, 0.25) is 5.02 Å². The van der Waals surface area contributed by atoms with E-state index in [2.05, 4.69) is 86.2 Å². The minimum absolute atomic E-state index is 0.0345. The topological polar surface area (TPSA) is 141 Å². The van der Waals surface area contributed by atoms with Gasteiger partial charge in [0.15, 0.2) is 17.3 Å². The molecule has 3 aromatic heterocycles. The SMILES string of the molecule is C=C1C=c2[nH]n(-c3ccccc3Cl)c(=O)c2=C(c2cccc(N(C)C)c2)N1C.CC(=O)c1ccc2c(c1)Cc1ccccc1S2.Cc1ccc(CC(=O)Cc2ccc(C)cc2)cc1.O=c1c2cc(F)ccc2sn1-c1ccc2c(c1)OCO2.O=c1c2cc(F)ccc2sn1-c1cccc(S(F)(F)(F)(F)F)c1. The zero-order valence-corrected chi connectivity index (χ0v) is 61.7. The Hall–Kier alpha value is -10.9. The molecule has 0 atom stereocenters. The highest BCUT2D eigenvalue weighted by molar-refractivity contribution is 8.45. The lowest BCUT2D eigenvalue weighted by molar-refractivity contribution is -0.117. The van der Waals surface area contributed by atoms with Crippen molar-refractivity contribution in [1.29, 1.82) is 0 Å². The highest BCUT2D eigenvalue weighted by Gasteiger charge is 2.65. The smallest absolute Gasteiger partial charge is 0.310 e. The third-order valence-electron chi connectivity index (χ3n) is 17.2. The standard InChI is InChI=1S/C22H21ClN4O.C17H18O.C15H12OS.C14H8FNO3S.C13H7F6NOS2/c1-14-12-18-20(22(28)27(24-18)19-11-6-5-10-17(19)23)21(26(14)4)15-8-7-9-16(13-15)25(2)3;1-13-3-7-15(8-4-13)11-17(18)12-16-9-5-14(2)6-10-16;1-10(16)11-6-7-15-13(8-11)9-12-4-2-3-5-14(12)17-15;15-8-1-4-13-10(5-8)14(17)16(20-13)9-2-3-11-12(6-9)19-7-18-11;14-8-4-5-12-11(6-8)13(21)20(22-12)9-2-1-3-10(7-9)23(15,16,17,18)19/h5-13,24H,1H2,2-4H3;3-10H,11-12H2,1-2H3;2-8H,9H2,1H3;1-6H,7H2;1-7H. The maximum absolute atomic E-state index is 13.4. The van der Waals surface area contributed by atoms with Crippen LogP contribution in [0.1, 0.15) is 56.2 Å². The number of aromatic nitrogens is 4. The molecule has 0 amide bonds. The number of hydrogen-bond acceptors (Lipinski definition) is 12. The van der Waals surface area contributed by atoms with Crippen LogP contribution in [-0.2, 0) is 24.1 Å². The molecular formula is C81H66ClF7N6O7S4. The van der Waals surface area contributed by atoms with Crippen LogP contribution in [0.5, 0.6) is 11.5 Å². The van der Waals surface area contributed by atoms with Crippen molar-refractivity contribution in [2.45, 2.75) is 54.7 Å². The number of nitrogens with zero attached hydrogens (tertiary/aromatic N) is 5. The molecule has 10 aromatic carbocycles. The van der Waals surface area contributed by atoms with Gasteiger partial charge in [-0.25, -0.2) is 21.4 Å². The summed E-state index contributed by atoms with van der Waals surface area (Å²) >= 11 is 10.1. The molecule has 0 bridgehead atoms. The van der Waals surface area contributed by atoms with Crippen LogP contribution >= 0.6 is 56.7 Å². The van der Waals surface area contributed by atoms with E-state index in [0.717, 1.165) is 95.6 Å². The summed E-state index contributed by atoms with van der Waals surface area (Å²) in [6.45, 7) is 10.0. The Morgan fingerprint density at radius 2 is 1.18 bits per heavy atom. The van der Waals surface area contributed by atoms with Gasteiger partial charge in [-0.1, -0.05) is 187 Å². The molecule has 0 saturated heterocycles. The Morgan fingerprint density at radius 3 is 1.78 bits per heavy atom. The van der Waals surface area contributed by atoms with Gasteiger partial charge in [0.2, 0.25) is 6.79 Å². The van der Waals surface area contributed by atoms with E-state index in [1.807, 2.05) is 110 Å². The molecule has 542 valence electrons. The first-order chi connectivity index (χ1) is 50.3. The molecule has 0 fully saturated rings. The molecule has 16 rings (SSSR count). The maximum Gasteiger partial charge on any atom is 0.310 e. The third-order valence-corrected chi connectivity index (χ3v) is 22.2. The van der Waals surface area contributed by atoms with Crippen LogP contribution in [0.15, 0.2) is 260 Å². The van der Waals surface area contributed by atoms with E-state index < -0.39 is 32.3 Å². The molecule has 1 N–H and O–H groups in total. The molecule has 0 aliphatic carbocycles. The number of aryl methyl sites for hydroxylation is 2. The van der Waals surface area contributed by atoms with E-state index in [4.69, 9.17) is 21.1 Å². The predicted octanol–water partition coefficient (Wildman–Crippen LogP) is 18.7. The Bertz CT molecular complexity index is 5890. The summed E-state index contributed by atoms with van der Waals surface area (Å²) in [5, 5.41) is 5.37. The van der Waals surface area contributed by atoms with Gasteiger partial charge in [-0.15, -0.1) is 0 Å². The van der Waals surface area contributed by atoms with E-state index >= 15 is 0 Å². The van der Waals surface area contributed by atoms with Crippen LogP contribution in [0.25, 0.3) is 49.0 Å². The largest absolute Gasteiger partial charge is 0.454 e. The fourth-order valence-electron chi connectivity index (χ4n) is 11.7. The van der Waals surface area contributed by atoms with Gasteiger partial charge in [-0.3, -0.25) is 29.1 Å². The van der Waals surface area contributed by atoms with Crippen molar-refractivity contribution in [1.82, 2.24) is 22.6 Å². The number of hydrogen-bond donors (Lipinski definition) is 1. The summed E-state index contributed by atoms with van der Waals surface area (Å²) in [4.78, 5) is 65.7. The molecule has 0 saturated carbocycles. The van der Waals surface area contributed by atoms with Crippen molar-refractivity contribution in [2.24, 2.45) is 0 Å². The van der Waals surface area contributed by atoms with E-state index in [1.165, 1.54) is 70.4 Å². The van der Waals surface area contributed by atoms with Crippen LogP contribution < -0.4 is 41.6 Å². The molecule has 0 unspecified atom stereocenters. The average molecular weight is 1530 g/mol. The molecule has 106 heavy (non-hydrogen) atoms. The van der Waals surface area contributed by atoms with Gasteiger partial charge in [0, 0.05) is 72.4 Å². The number of benzene rings is 10. The lowest BCUT2D eigenvalue weighted by Crippen LogP contribution is -2.43. The Labute approximate surface area is 621 Å². The number of halogens is 8. The lowest BCUT2D eigenvalue weighted by atomic mass is 10.0. The van der Waals surface area contributed by atoms with Crippen molar-refractivity contribution >= 4 is 106 Å². The second-order valence-corrected chi connectivity index (χ2v) is 31.2. The zero-order chi connectivity index (χ0) is 75.6. The second kappa shape index (κ2) is 29.9. The van der Waals surface area contributed by atoms with Crippen molar-refractivity contribution in [3.8, 4) is 28.6 Å². The van der Waals surface area contributed by atoms with E-state index in [1.54, 1.807) is 49.0 Å². The summed E-state index contributed by atoms with van der Waals surface area (Å²) in [6, 6.07) is 61.4. The normalized spacial score (nSPS) is 13.1. The number of fused-ring (bicyclic) bond motifs is 6. The number of ketones is 2. The molecule has 3 aliphatic rings. The third kappa shape index (κ3) is 17.1. The number of rotatable bonds is 11. The number of anilines is 1. The van der Waals surface area contributed by atoms with E-state index in [-0.39, 0.29) is 52.7 Å². The first-order valence-electron chi connectivity index (χ1n) is 32.8. The number of carbonyl (C=O) groups is 2. The van der Waals surface area contributed by atoms with Gasteiger partial charge in [0.1, 0.15) is 22.3 Å². The average Bonchev–Trinajstić information content (AvgIpc) is 0.831. The number of H-pyrrole nitrogens is 1. The second-order valence-electron chi connectivity index (χ2n) is 25.3. The Balaban J connectivity index is 0.000000126. The molecule has 6 heterocycles. The highest BCUT2D eigenvalue weighted by atomic mass is 35.5. The summed E-state index contributed by atoms with van der Waals surface area (Å²) in [5.74, 6) is 0.580. The molecule has 13 aromatic rings. The summed E-state index contributed by atoms with van der Waals surface area (Å²) in [6.07, 6.45) is 3.85. The summed E-state index contributed by atoms with van der Waals surface area (Å²) < 4.78 is 106. The van der Waals surface area contributed by atoms with Gasteiger partial charge in [0.05, 0.1) is 58.5 Å². The van der Waals surface area contributed by atoms with Crippen LogP contribution in [0, 0.1) is 25.5 Å². The van der Waals surface area contributed by atoms with Crippen LogP contribution in [-0.4, -0.2) is 62.1 Å². The van der Waals surface area contributed by atoms with Crippen LogP contribution in [0.4, 0.5) is 33.9 Å². The monoisotopic (exact) mass is 1530 g/mol. The van der Waals surface area contributed by atoms with Gasteiger partial charge in [0.25, 0.3) is 16.7 Å². The van der Waals surface area contributed by atoms with Crippen molar-refractivity contribution < 1.29 is 47.3 Å². The minimum atomic E-state index is -9.85. The number of allylic oxidation sites excluding steroid dienone is 1. The molecular weight excluding hydrogens is 1470 g/mol. The number of Topliss-reactive ketones (excluding diaryl/α,β-unsaturated/α-hetero) is 2. The van der Waals surface area contributed by atoms with Crippen molar-refractivity contribution in [3.63, 3.8) is 0 Å². The first-order valence-corrected chi connectivity index (χ1v) is 37.4. The van der Waals surface area contributed by atoms with E-state index in [9.17, 15) is 52.2 Å². The van der Waals surface area contributed by atoms with E-state index in [0.29, 0.717) is 56.0 Å². The summed E-state index contributed by atoms with van der Waals surface area (Å²) in [5.41, 5.74) is 11.5. The lowest BCUT2D eigenvalue weighted by Gasteiger charge is -2.40. The number of nitrogens with one attached hydrogen (secondary N) is 1. The number of aromatic amines is 1. The molecule has 3 aliphatic heterocycles. The van der Waals surface area contributed by atoms with Crippen LogP contribution in [0.3, 0.4) is 0 Å². The molecule has 13 nitrogen and oxygen atoms in total. The number of ether oxygens (including phenoxy) is 2. The van der Waals surface area contributed by atoms with Gasteiger partial charge in [-0.05, 0) is 165 Å². The zero-order valence-electron chi connectivity index (χ0n) is 57.6. The fourth-order valence-corrected chi connectivity index (χ4v) is 15.6. The molecule has 25 heteroatoms. The van der Waals surface area contributed by atoms with Gasteiger partial charge < -0.3 is 19.3 Å². The van der Waals surface area contributed by atoms with Crippen molar-refractivity contribution in [3.05, 3.63) is 333 Å². The quantitative estimate of drug-likeness (QED) is 0.0983.